The second-order valence-electron chi connectivity index (χ2n) is 3.25. The minimum absolute atomic E-state index is 0.131. The van der Waals surface area contributed by atoms with Crippen molar-refractivity contribution in [3.05, 3.63) is 35.4 Å². The van der Waals surface area contributed by atoms with E-state index in [1.54, 1.807) is 0 Å². The fourth-order valence-electron chi connectivity index (χ4n) is 1.24. The van der Waals surface area contributed by atoms with Crippen molar-refractivity contribution in [3.8, 4) is 0 Å². The molecule has 0 bridgehead atoms. The first-order valence-electron chi connectivity index (χ1n) is 4.65. The van der Waals surface area contributed by atoms with Crippen molar-refractivity contribution in [2.45, 2.75) is 25.9 Å². The lowest BCUT2D eigenvalue weighted by Gasteiger charge is -2.07. The van der Waals surface area contributed by atoms with Crippen LogP contribution in [0.5, 0.6) is 0 Å². The fourth-order valence-corrected chi connectivity index (χ4v) is 1.24. The molecule has 0 aliphatic rings. The van der Waals surface area contributed by atoms with Crippen molar-refractivity contribution in [1.82, 2.24) is 0 Å². The number of benzene rings is 1. The van der Waals surface area contributed by atoms with E-state index in [9.17, 15) is 18.0 Å². The van der Waals surface area contributed by atoms with Crippen LogP contribution in [0.2, 0.25) is 0 Å². The average molecular weight is 216 g/mol. The minimum Gasteiger partial charge on any atom is -0.294 e. The lowest BCUT2D eigenvalue weighted by molar-refractivity contribution is -0.137. The van der Waals surface area contributed by atoms with E-state index in [4.69, 9.17) is 0 Å². The Kier molecular flexibility index (Phi) is 3.50. The molecule has 4 heteroatoms. The van der Waals surface area contributed by atoms with Gasteiger partial charge in [-0.1, -0.05) is 19.1 Å². The fraction of sp³-hybridized carbons (Fsp3) is 0.364. The van der Waals surface area contributed by atoms with Gasteiger partial charge in [0, 0.05) is 12.0 Å². The molecule has 0 fully saturated rings. The minimum atomic E-state index is -4.39. The van der Waals surface area contributed by atoms with Crippen LogP contribution in [0.1, 0.15) is 35.7 Å². The van der Waals surface area contributed by atoms with E-state index >= 15 is 0 Å². The lowest BCUT2D eigenvalue weighted by atomic mass is 10.0. The second-order valence-corrected chi connectivity index (χ2v) is 3.25. The molecular weight excluding hydrogens is 205 g/mol. The molecule has 0 atom stereocenters. The Hall–Kier alpha value is -1.32. The monoisotopic (exact) mass is 216 g/mol. The van der Waals surface area contributed by atoms with Crippen LogP contribution in [0.15, 0.2) is 24.3 Å². The van der Waals surface area contributed by atoms with Gasteiger partial charge in [-0.25, -0.2) is 0 Å². The molecule has 0 aliphatic carbocycles. The van der Waals surface area contributed by atoms with E-state index in [-0.39, 0.29) is 17.8 Å². The predicted molar refractivity (Wildman–Crippen MR) is 50.7 cm³/mol. The molecule has 0 spiro atoms. The quantitative estimate of drug-likeness (QED) is 0.704. The molecule has 0 saturated carbocycles. The van der Waals surface area contributed by atoms with E-state index in [0.29, 0.717) is 6.42 Å². The Morgan fingerprint density at radius 1 is 1.33 bits per heavy atom. The maximum Gasteiger partial charge on any atom is 0.416 e. The SMILES string of the molecule is CCCC(=O)c1cccc(C(F)(F)F)c1. The van der Waals surface area contributed by atoms with Gasteiger partial charge in [0.1, 0.15) is 0 Å². The molecule has 0 N–H and O–H groups in total. The Morgan fingerprint density at radius 3 is 2.53 bits per heavy atom. The first kappa shape index (κ1) is 11.8. The van der Waals surface area contributed by atoms with Gasteiger partial charge in [0.15, 0.2) is 5.78 Å². The zero-order valence-electron chi connectivity index (χ0n) is 8.27. The number of hydrogen-bond donors (Lipinski definition) is 0. The summed E-state index contributed by atoms with van der Waals surface area (Å²) in [5.41, 5.74) is -0.642. The third-order valence-electron chi connectivity index (χ3n) is 1.99. The summed E-state index contributed by atoms with van der Waals surface area (Å²) >= 11 is 0. The molecule has 15 heavy (non-hydrogen) atoms. The number of carbonyl (C=O) groups is 1. The van der Waals surface area contributed by atoms with Gasteiger partial charge in [-0.2, -0.15) is 13.2 Å². The van der Waals surface area contributed by atoms with Gasteiger partial charge >= 0.3 is 6.18 Å². The number of carbonyl (C=O) groups excluding carboxylic acids is 1. The third kappa shape index (κ3) is 3.08. The summed E-state index contributed by atoms with van der Waals surface area (Å²) in [4.78, 5) is 11.4. The van der Waals surface area contributed by atoms with Gasteiger partial charge in [0.05, 0.1) is 5.56 Å². The van der Waals surface area contributed by atoms with Crippen LogP contribution < -0.4 is 0 Å². The Morgan fingerprint density at radius 2 is 2.00 bits per heavy atom. The predicted octanol–water partition coefficient (Wildman–Crippen LogP) is 3.69. The lowest BCUT2D eigenvalue weighted by Crippen LogP contribution is -2.07. The molecule has 0 aliphatic heterocycles. The second kappa shape index (κ2) is 4.47. The van der Waals surface area contributed by atoms with Gasteiger partial charge in [-0.05, 0) is 18.6 Å². The van der Waals surface area contributed by atoms with Crippen molar-refractivity contribution in [1.29, 1.82) is 0 Å². The van der Waals surface area contributed by atoms with Crippen LogP contribution in [0.4, 0.5) is 13.2 Å². The number of Topliss-reactive ketones (excluding diaryl/α,β-unsaturated/α-hetero) is 1. The van der Waals surface area contributed by atoms with E-state index in [1.807, 2.05) is 6.92 Å². The van der Waals surface area contributed by atoms with Crippen LogP contribution in [0, 0.1) is 0 Å². The van der Waals surface area contributed by atoms with Crippen LogP contribution in [-0.4, -0.2) is 5.78 Å². The topological polar surface area (TPSA) is 17.1 Å². The average Bonchev–Trinajstić information content (AvgIpc) is 2.17. The van der Waals surface area contributed by atoms with Gasteiger partial charge in [0.25, 0.3) is 0 Å². The Bertz CT molecular complexity index is 355. The molecule has 0 unspecified atom stereocenters. The maximum atomic E-state index is 12.3. The standard InChI is InChI=1S/C11H11F3O/c1-2-4-10(15)8-5-3-6-9(7-8)11(12,13)14/h3,5-7H,2,4H2,1H3. The molecule has 0 amide bonds. The van der Waals surface area contributed by atoms with Crippen molar-refractivity contribution in [2.24, 2.45) is 0 Å². The van der Waals surface area contributed by atoms with Gasteiger partial charge in [-0.3, -0.25) is 4.79 Å². The number of alkyl halides is 3. The van der Waals surface area contributed by atoms with Crippen molar-refractivity contribution < 1.29 is 18.0 Å². The molecule has 0 heterocycles. The summed E-state index contributed by atoms with van der Waals surface area (Å²) in [6.45, 7) is 1.81. The Balaban J connectivity index is 2.98. The zero-order valence-corrected chi connectivity index (χ0v) is 8.27. The summed E-state index contributed by atoms with van der Waals surface area (Å²) in [7, 11) is 0. The largest absolute Gasteiger partial charge is 0.416 e. The molecular formula is C11H11F3O. The number of halogens is 3. The van der Waals surface area contributed by atoms with Gasteiger partial charge in [-0.15, -0.1) is 0 Å². The van der Waals surface area contributed by atoms with E-state index < -0.39 is 11.7 Å². The molecule has 82 valence electrons. The summed E-state index contributed by atoms with van der Waals surface area (Å²) in [5.74, 6) is -0.247. The first-order chi connectivity index (χ1) is 6.95. The number of ketones is 1. The summed E-state index contributed by atoms with van der Waals surface area (Å²) in [6, 6.07) is 4.53. The molecule has 1 aromatic carbocycles. The maximum absolute atomic E-state index is 12.3. The van der Waals surface area contributed by atoms with Crippen LogP contribution in [-0.2, 0) is 6.18 Å². The number of hydrogen-bond acceptors (Lipinski definition) is 1. The number of rotatable bonds is 3. The van der Waals surface area contributed by atoms with Gasteiger partial charge < -0.3 is 0 Å². The highest BCUT2D eigenvalue weighted by atomic mass is 19.4. The molecule has 1 rings (SSSR count). The van der Waals surface area contributed by atoms with E-state index in [0.717, 1.165) is 12.1 Å². The van der Waals surface area contributed by atoms with E-state index in [1.165, 1.54) is 12.1 Å². The molecule has 0 saturated heterocycles. The van der Waals surface area contributed by atoms with Crippen molar-refractivity contribution in [3.63, 3.8) is 0 Å². The highest BCUT2D eigenvalue weighted by Crippen LogP contribution is 2.29. The highest BCUT2D eigenvalue weighted by Gasteiger charge is 2.30. The van der Waals surface area contributed by atoms with E-state index in [2.05, 4.69) is 0 Å². The summed E-state index contributed by atoms with van der Waals surface area (Å²) < 4.78 is 36.9. The summed E-state index contributed by atoms with van der Waals surface area (Å²) in [5, 5.41) is 0. The molecule has 1 aromatic rings. The molecule has 0 radical (unpaired) electrons. The highest BCUT2D eigenvalue weighted by molar-refractivity contribution is 5.96. The van der Waals surface area contributed by atoms with Gasteiger partial charge in [0.2, 0.25) is 0 Å². The summed E-state index contributed by atoms with van der Waals surface area (Å²) in [6.07, 6.45) is -3.47. The Labute approximate surface area is 85.9 Å². The third-order valence-corrected chi connectivity index (χ3v) is 1.99. The van der Waals surface area contributed by atoms with Crippen molar-refractivity contribution in [2.75, 3.05) is 0 Å². The first-order valence-corrected chi connectivity index (χ1v) is 4.65. The normalized spacial score (nSPS) is 11.5. The molecule has 0 aromatic heterocycles. The van der Waals surface area contributed by atoms with Crippen molar-refractivity contribution >= 4 is 5.78 Å². The smallest absolute Gasteiger partial charge is 0.294 e. The van der Waals surface area contributed by atoms with Crippen LogP contribution >= 0.6 is 0 Å². The van der Waals surface area contributed by atoms with Crippen LogP contribution in [0.3, 0.4) is 0 Å². The molecule has 1 nitrogen and oxygen atoms in total. The van der Waals surface area contributed by atoms with Crippen LogP contribution in [0.25, 0.3) is 0 Å². The zero-order chi connectivity index (χ0) is 11.5.